The summed E-state index contributed by atoms with van der Waals surface area (Å²) in [6.45, 7) is 5.65. The van der Waals surface area contributed by atoms with Gasteiger partial charge in [-0.15, -0.1) is 0 Å². The van der Waals surface area contributed by atoms with Gasteiger partial charge >= 0.3 is 0 Å². The number of aromatic nitrogens is 5. The van der Waals surface area contributed by atoms with E-state index in [2.05, 4.69) is 28.9 Å². The lowest BCUT2D eigenvalue weighted by molar-refractivity contribution is 0.205. The van der Waals surface area contributed by atoms with Gasteiger partial charge in [0.25, 0.3) is 0 Å². The third-order valence-corrected chi connectivity index (χ3v) is 3.65. The monoisotopic (exact) mass is 311 g/mol. The van der Waals surface area contributed by atoms with Gasteiger partial charge in [-0.1, -0.05) is 44.2 Å². The average Bonchev–Trinajstić information content (AvgIpc) is 3.17. The molecule has 0 aliphatic rings. The maximum Gasteiger partial charge on any atom is 0.146 e. The van der Waals surface area contributed by atoms with Crippen LogP contribution in [0, 0.1) is 5.92 Å². The fourth-order valence-electron chi connectivity index (χ4n) is 2.55. The van der Waals surface area contributed by atoms with Crippen molar-refractivity contribution in [2.75, 3.05) is 0 Å². The van der Waals surface area contributed by atoms with E-state index in [9.17, 15) is 5.11 Å². The van der Waals surface area contributed by atoms with Crippen molar-refractivity contribution in [1.29, 1.82) is 0 Å². The molecule has 0 unspecified atom stereocenters. The second-order valence-electron chi connectivity index (χ2n) is 5.98. The predicted molar refractivity (Wildman–Crippen MR) is 86.7 cm³/mol. The standard InChI is InChI=1S/C17H21N5O/c1-13(2)10-22-15(19-12-20-22)11-21-9-8-18-17(21)16(23)14-6-4-3-5-7-14/h3-9,12-13,16,23H,10-11H2,1-2H3/t16-/m0/s1. The molecule has 2 heterocycles. The maximum absolute atomic E-state index is 10.6. The van der Waals surface area contributed by atoms with Gasteiger partial charge in [0.15, 0.2) is 0 Å². The van der Waals surface area contributed by atoms with Crippen molar-refractivity contribution in [3.8, 4) is 0 Å². The number of hydrogen-bond acceptors (Lipinski definition) is 4. The summed E-state index contributed by atoms with van der Waals surface area (Å²) in [5.74, 6) is 1.96. The largest absolute Gasteiger partial charge is 0.380 e. The molecule has 6 heteroatoms. The Labute approximate surface area is 135 Å². The zero-order valence-electron chi connectivity index (χ0n) is 13.4. The number of hydrogen-bond donors (Lipinski definition) is 1. The van der Waals surface area contributed by atoms with Crippen LogP contribution in [-0.2, 0) is 13.1 Å². The highest BCUT2D eigenvalue weighted by atomic mass is 16.3. The van der Waals surface area contributed by atoms with Crippen molar-refractivity contribution < 1.29 is 5.11 Å². The van der Waals surface area contributed by atoms with Crippen LogP contribution in [0.15, 0.2) is 49.1 Å². The van der Waals surface area contributed by atoms with Crippen LogP contribution < -0.4 is 0 Å². The Bertz CT molecular complexity index is 747. The summed E-state index contributed by atoms with van der Waals surface area (Å²) < 4.78 is 3.82. The molecule has 1 atom stereocenters. The summed E-state index contributed by atoms with van der Waals surface area (Å²) >= 11 is 0. The summed E-state index contributed by atoms with van der Waals surface area (Å²) in [5.41, 5.74) is 0.823. The summed E-state index contributed by atoms with van der Waals surface area (Å²) in [7, 11) is 0. The number of benzene rings is 1. The molecule has 1 N–H and O–H groups in total. The van der Waals surface area contributed by atoms with E-state index in [0.29, 0.717) is 18.3 Å². The molecule has 0 bridgehead atoms. The first-order valence-electron chi connectivity index (χ1n) is 7.76. The summed E-state index contributed by atoms with van der Waals surface area (Å²) in [5, 5.41) is 14.9. The van der Waals surface area contributed by atoms with Crippen LogP contribution in [-0.4, -0.2) is 29.4 Å². The minimum Gasteiger partial charge on any atom is -0.380 e. The molecule has 3 aromatic rings. The summed E-state index contributed by atoms with van der Waals surface area (Å²) in [6.07, 6.45) is 4.37. The third kappa shape index (κ3) is 3.48. The topological polar surface area (TPSA) is 68.8 Å². The Morgan fingerprint density at radius 3 is 2.65 bits per heavy atom. The minimum atomic E-state index is -0.757. The van der Waals surface area contributed by atoms with E-state index >= 15 is 0 Å². The Morgan fingerprint density at radius 1 is 1.13 bits per heavy atom. The lowest BCUT2D eigenvalue weighted by Crippen LogP contribution is -2.16. The molecule has 0 fully saturated rings. The molecule has 3 rings (SSSR count). The smallest absolute Gasteiger partial charge is 0.146 e. The van der Waals surface area contributed by atoms with Crippen molar-refractivity contribution in [3.05, 3.63) is 66.3 Å². The highest BCUT2D eigenvalue weighted by Gasteiger charge is 2.17. The third-order valence-electron chi connectivity index (χ3n) is 3.65. The van der Waals surface area contributed by atoms with Gasteiger partial charge in [-0.3, -0.25) is 0 Å². The van der Waals surface area contributed by atoms with E-state index in [1.807, 2.05) is 45.8 Å². The molecule has 23 heavy (non-hydrogen) atoms. The molecule has 2 aromatic heterocycles. The highest BCUT2D eigenvalue weighted by Crippen LogP contribution is 2.20. The molecule has 0 radical (unpaired) electrons. The first-order valence-corrected chi connectivity index (χ1v) is 7.76. The van der Waals surface area contributed by atoms with Crippen LogP contribution >= 0.6 is 0 Å². The van der Waals surface area contributed by atoms with Crippen LogP contribution in [0.2, 0.25) is 0 Å². The molecule has 0 aliphatic heterocycles. The highest BCUT2D eigenvalue weighted by molar-refractivity contribution is 5.23. The van der Waals surface area contributed by atoms with E-state index in [1.165, 1.54) is 0 Å². The van der Waals surface area contributed by atoms with E-state index < -0.39 is 6.10 Å². The quantitative estimate of drug-likeness (QED) is 0.758. The van der Waals surface area contributed by atoms with Gasteiger partial charge in [-0.2, -0.15) is 5.10 Å². The maximum atomic E-state index is 10.6. The second-order valence-corrected chi connectivity index (χ2v) is 5.98. The zero-order valence-corrected chi connectivity index (χ0v) is 13.4. The first-order chi connectivity index (χ1) is 11.1. The molecule has 0 aliphatic carbocycles. The molecular weight excluding hydrogens is 290 g/mol. The van der Waals surface area contributed by atoms with Crippen LogP contribution in [0.5, 0.6) is 0 Å². The first kappa shape index (κ1) is 15.4. The van der Waals surface area contributed by atoms with E-state index in [4.69, 9.17) is 0 Å². The van der Waals surface area contributed by atoms with Gasteiger partial charge in [-0.25, -0.2) is 14.6 Å². The SMILES string of the molecule is CC(C)Cn1ncnc1Cn1ccnc1[C@@H](O)c1ccccc1. The fourth-order valence-corrected chi connectivity index (χ4v) is 2.55. The number of imidazole rings is 1. The Balaban J connectivity index is 1.83. The number of nitrogens with zero attached hydrogens (tertiary/aromatic N) is 5. The number of rotatable bonds is 6. The Morgan fingerprint density at radius 2 is 1.91 bits per heavy atom. The van der Waals surface area contributed by atoms with Crippen molar-refractivity contribution in [3.63, 3.8) is 0 Å². The van der Waals surface area contributed by atoms with Crippen molar-refractivity contribution in [1.82, 2.24) is 24.3 Å². The lowest BCUT2D eigenvalue weighted by Gasteiger charge is -2.14. The second kappa shape index (κ2) is 6.75. The molecule has 1 aromatic carbocycles. The average molecular weight is 311 g/mol. The van der Waals surface area contributed by atoms with Crippen molar-refractivity contribution in [2.24, 2.45) is 5.92 Å². The van der Waals surface area contributed by atoms with Crippen LogP contribution in [0.1, 0.15) is 37.2 Å². The predicted octanol–water partition coefficient (Wildman–Crippen LogP) is 2.26. The summed E-state index contributed by atoms with van der Waals surface area (Å²) in [6, 6.07) is 9.53. The van der Waals surface area contributed by atoms with E-state index in [1.54, 1.807) is 12.5 Å². The van der Waals surface area contributed by atoms with Crippen LogP contribution in [0.25, 0.3) is 0 Å². The fraction of sp³-hybridized carbons (Fsp3) is 0.353. The molecular formula is C17H21N5O. The summed E-state index contributed by atoms with van der Waals surface area (Å²) in [4.78, 5) is 8.66. The molecule has 0 saturated carbocycles. The van der Waals surface area contributed by atoms with Crippen LogP contribution in [0.4, 0.5) is 0 Å². The molecule has 0 saturated heterocycles. The normalized spacial score (nSPS) is 12.7. The van der Waals surface area contributed by atoms with E-state index in [0.717, 1.165) is 17.9 Å². The van der Waals surface area contributed by atoms with Gasteiger partial charge in [0.05, 0.1) is 6.54 Å². The van der Waals surface area contributed by atoms with Gasteiger partial charge in [-0.05, 0) is 11.5 Å². The van der Waals surface area contributed by atoms with Crippen molar-refractivity contribution in [2.45, 2.75) is 33.0 Å². The zero-order chi connectivity index (χ0) is 16.2. The van der Waals surface area contributed by atoms with Crippen molar-refractivity contribution >= 4 is 0 Å². The van der Waals surface area contributed by atoms with Gasteiger partial charge in [0.2, 0.25) is 0 Å². The Kier molecular flexibility index (Phi) is 4.52. The van der Waals surface area contributed by atoms with Gasteiger partial charge in [0.1, 0.15) is 24.1 Å². The van der Waals surface area contributed by atoms with Gasteiger partial charge in [0, 0.05) is 18.9 Å². The lowest BCUT2D eigenvalue weighted by atomic mass is 10.1. The number of aliphatic hydroxyl groups excluding tert-OH is 1. The molecule has 6 nitrogen and oxygen atoms in total. The van der Waals surface area contributed by atoms with Gasteiger partial charge < -0.3 is 9.67 Å². The molecule has 0 amide bonds. The Hall–Kier alpha value is -2.47. The molecule has 120 valence electrons. The number of aliphatic hydroxyl groups is 1. The molecule has 0 spiro atoms. The minimum absolute atomic E-state index is 0.493. The van der Waals surface area contributed by atoms with Crippen LogP contribution in [0.3, 0.4) is 0 Å². The van der Waals surface area contributed by atoms with E-state index in [-0.39, 0.29) is 0 Å².